The summed E-state index contributed by atoms with van der Waals surface area (Å²) in [5.41, 5.74) is 0. The van der Waals surface area contributed by atoms with Crippen LogP contribution in [0.3, 0.4) is 0 Å². The lowest BCUT2D eigenvalue weighted by atomic mass is 10.0. The van der Waals surface area contributed by atoms with Gasteiger partial charge >= 0.3 is 0 Å². The van der Waals surface area contributed by atoms with Gasteiger partial charge in [-0.1, -0.05) is 19.8 Å². The molecule has 0 bridgehead atoms. The van der Waals surface area contributed by atoms with Crippen LogP contribution in [-0.2, 0) is 4.74 Å². The van der Waals surface area contributed by atoms with E-state index in [4.69, 9.17) is 4.74 Å². The Bertz CT molecular complexity index is 114. The molecule has 0 spiro atoms. The van der Waals surface area contributed by atoms with Crippen LogP contribution in [0.1, 0.15) is 39.5 Å². The van der Waals surface area contributed by atoms with Crippen LogP contribution in [-0.4, -0.2) is 12.5 Å². The molecule has 0 aromatic carbocycles. The van der Waals surface area contributed by atoms with E-state index in [0.717, 1.165) is 12.8 Å². The lowest BCUT2D eigenvalue weighted by Crippen LogP contribution is -2.20. The maximum atomic E-state index is 12.4. The molecule has 1 nitrogen and oxygen atoms in total. The highest BCUT2D eigenvalue weighted by Crippen LogP contribution is 2.31. The van der Waals surface area contributed by atoms with Crippen LogP contribution >= 0.6 is 0 Å². The summed E-state index contributed by atoms with van der Waals surface area (Å²) in [7, 11) is 0. The van der Waals surface area contributed by atoms with Gasteiger partial charge in [-0.2, -0.15) is 0 Å². The lowest BCUT2D eigenvalue weighted by molar-refractivity contribution is -0.0874. The zero-order valence-electron chi connectivity index (χ0n) is 7.35. The van der Waals surface area contributed by atoms with Crippen molar-refractivity contribution in [2.75, 3.05) is 0 Å². The highest BCUT2D eigenvalue weighted by Gasteiger charge is 2.27. The third kappa shape index (κ3) is 2.44. The van der Waals surface area contributed by atoms with Gasteiger partial charge in [0, 0.05) is 0 Å². The molecule has 1 rings (SSSR count). The van der Waals surface area contributed by atoms with Crippen LogP contribution in [0.5, 0.6) is 0 Å². The zero-order valence-corrected chi connectivity index (χ0v) is 7.35. The monoisotopic (exact) mass is 160 g/mol. The molecule has 66 valence electrons. The normalized spacial score (nSPS) is 34.1. The molecule has 3 atom stereocenters. The summed E-state index contributed by atoms with van der Waals surface area (Å²) in [6.45, 7) is 3.61. The molecule has 11 heavy (non-hydrogen) atoms. The number of halogens is 1. The molecule has 0 saturated heterocycles. The summed E-state index contributed by atoms with van der Waals surface area (Å²) in [5.74, 6) is 0.605. The maximum absolute atomic E-state index is 12.4. The van der Waals surface area contributed by atoms with Crippen molar-refractivity contribution >= 4 is 0 Å². The first-order valence-corrected chi connectivity index (χ1v) is 4.53. The Kier molecular flexibility index (Phi) is 3.31. The quantitative estimate of drug-likeness (QED) is 0.616. The molecule has 0 radical (unpaired) electrons. The van der Waals surface area contributed by atoms with Gasteiger partial charge in [-0.3, -0.25) is 0 Å². The Morgan fingerprint density at radius 1 is 1.55 bits per heavy atom. The van der Waals surface area contributed by atoms with Gasteiger partial charge in [-0.05, 0) is 25.7 Å². The van der Waals surface area contributed by atoms with Gasteiger partial charge < -0.3 is 4.74 Å². The Morgan fingerprint density at radius 3 is 2.82 bits per heavy atom. The van der Waals surface area contributed by atoms with Gasteiger partial charge in [0.2, 0.25) is 0 Å². The van der Waals surface area contributed by atoms with Crippen molar-refractivity contribution in [2.45, 2.75) is 52.0 Å². The van der Waals surface area contributed by atoms with Gasteiger partial charge in [-0.25, -0.2) is 4.39 Å². The van der Waals surface area contributed by atoms with Crippen LogP contribution in [0.15, 0.2) is 0 Å². The topological polar surface area (TPSA) is 9.23 Å². The number of hydrogen-bond donors (Lipinski definition) is 0. The second-order valence-electron chi connectivity index (χ2n) is 3.32. The fraction of sp³-hybridized carbons (Fsp3) is 1.00. The van der Waals surface area contributed by atoms with E-state index in [1.807, 2.05) is 0 Å². The van der Waals surface area contributed by atoms with Crippen molar-refractivity contribution in [1.29, 1.82) is 0 Å². The smallest absolute Gasteiger partial charge is 0.196 e. The number of rotatable bonds is 3. The van der Waals surface area contributed by atoms with E-state index in [1.165, 1.54) is 19.8 Å². The van der Waals surface area contributed by atoms with E-state index in [0.29, 0.717) is 5.92 Å². The first-order chi connectivity index (χ1) is 5.24. The molecule has 0 aliphatic heterocycles. The minimum Gasteiger partial charge on any atom is -0.345 e. The van der Waals surface area contributed by atoms with Crippen LogP contribution in [0, 0.1) is 5.92 Å². The van der Waals surface area contributed by atoms with E-state index in [9.17, 15) is 4.39 Å². The molecular formula is C9H17FO. The Morgan fingerprint density at radius 2 is 2.27 bits per heavy atom. The van der Waals surface area contributed by atoms with Crippen LogP contribution in [0.4, 0.5) is 4.39 Å². The van der Waals surface area contributed by atoms with Gasteiger partial charge in [0.05, 0.1) is 6.10 Å². The molecule has 1 fully saturated rings. The first-order valence-electron chi connectivity index (χ1n) is 4.53. The van der Waals surface area contributed by atoms with E-state index < -0.39 is 6.36 Å². The summed E-state index contributed by atoms with van der Waals surface area (Å²) < 4.78 is 17.6. The molecule has 0 aromatic rings. The second-order valence-corrected chi connectivity index (χ2v) is 3.32. The SMILES string of the molecule is CC[C@H]1CCC[C@H]1OC(C)F. The molecule has 1 unspecified atom stereocenters. The molecule has 1 saturated carbocycles. The highest BCUT2D eigenvalue weighted by molar-refractivity contribution is 4.76. The standard InChI is InChI=1S/C9H17FO/c1-3-8-5-4-6-9(8)11-7(2)10/h7-9H,3-6H2,1-2H3/t7?,8-,9+/m0/s1. The van der Waals surface area contributed by atoms with Gasteiger partial charge in [-0.15, -0.1) is 0 Å². The Labute approximate surface area is 67.9 Å². The van der Waals surface area contributed by atoms with Gasteiger partial charge in [0.25, 0.3) is 0 Å². The average molecular weight is 160 g/mol. The molecule has 0 heterocycles. The number of hydrogen-bond acceptors (Lipinski definition) is 1. The van der Waals surface area contributed by atoms with E-state index >= 15 is 0 Å². The summed E-state index contributed by atoms with van der Waals surface area (Å²) in [5, 5.41) is 0. The summed E-state index contributed by atoms with van der Waals surface area (Å²) in [4.78, 5) is 0. The van der Waals surface area contributed by atoms with E-state index in [2.05, 4.69) is 6.92 Å². The molecule has 1 aliphatic rings. The van der Waals surface area contributed by atoms with Crippen LogP contribution in [0.25, 0.3) is 0 Å². The highest BCUT2D eigenvalue weighted by atomic mass is 19.1. The fourth-order valence-corrected chi connectivity index (χ4v) is 1.89. The Balaban J connectivity index is 2.31. The zero-order chi connectivity index (χ0) is 8.27. The van der Waals surface area contributed by atoms with Crippen molar-refractivity contribution in [1.82, 2.24) is 0 Å². The number of alkyl halides is 1. The van der Waals surface area contributed by atoms with Crippen molar-refractivity contribution in [2.24, 2.45) is 5.92 Å². The lowest BCUT2D eigenvalue weighted by Gasteiger charge is -2.19. The molecule has 2 heteroatoms. The summed E-state index contributed by atoms with van der Waals surface area (Å²) >= 11 is 0. The fourth-order valence-electron chi connectivity index (χ4n) is 1.89. The number of ether oxygens (including phenoxy) is 1. The predicted molar refractivity (Wildman–Crippen MR) is 43.1 cm³/mol. The summed E-state index contributed by atoms with van der Waals surface area (Å²) in [6.07, 6.45) is 3.70. The third-order valence-corrected chi connectivity index (χ3v) is 2.48. The van der Waals surface area contributed by atoms with Crippen molar-refractivity contribution < 1.29 is 9.13 Å². The first kappa shape index (κ1) is 8.98. The Hall–Kier alpha value is -0.110. The van der Waals surface area contributed by atoms with E-state index in [-0.39, 0.29) is 6.10 Å². The molecule has 1 aliphatic carbocycles. The average Bonchev–Trinajstić information content (AvgIpc) is 2.34. The van der Waals surface area contributed by atoms with Crippen LogP contribution in [0.2, 0.25) is 0 Å². The molecule has 0 amide bonds. The largest absolute Gasteiger partial charge is 0.345 e. The van der Waals surface area contributed by atoms with Crippen molar-refractivity contribution in [3.63, 3.8) is 0 Å². The van der Waals surface area contributed by atoms with Gasteiger partial charge in [0.15, 0.2) is 6.36 Å². The summed E-state index contributed by atoms with van der Waals surface area (Å²) in [6, 6.07) is 0. The van der Waals surface area contributed by atoms with Crippen molar-refractivity contribution in [3.8, 4) is 0 Å². The van der Waals surface area contributed by atoms with E-state index in [1.54, 1.807) is 0 Å². The minimum atomic E-state index is -1.09. The molecule has 0 N–H and O–H groups in total. The minimum absolute atomic E-state index is 0.194. The predicted octanol–water partition coefficient (Wildman–Crippen LogP) is 2.90. The third-order valence-electron chi connectivity index (χ3n) is 2.48. The van der Waals surface area contributed by atoms with Crippen LogP contribution < -0.4 is 0 Å². The van der Waals surface area contributed by atoms with Gasteiger partial charge in [0.1, 0.15) is 0 Å². The molecular weight excluding hydrogens is 143 g/mol. The molecule has 0 aromatic heterocycles. The van der Waals surface area contributed by atoms with Crippen molar-refractivity contribution in [3.05, 3.63) is 0 Å². The second kappa shape index (κ2) is 4.05. The maximum Gasteiger partial charge on any atom is 0.196 e.